The predicted molar refractivity (Wildman–Crippen MR) is 72.1 cm³/mol. The number of nitrogens with zero attached hydrogens (tertiary/aromatic N) is 2. The monoisotopic (exact) mass is 253 g/mol. The molecule has 1 saturated heterocycles. The van der Waals surface area contributed by atoms with Gasteiger partial charge in [-0.3, -0.25) is 5.43 Å². The molecule has 2 rings (SSSR count). The molecule has 0 bridgehead atoms. The van der Waals surface area contributed by atoms with E-state index in [2.05, 4.69) is 34.5 Å². The summed E-state index contributed by atoms with van der Waals surface area (Å²) in [7, 11) is 2.16. The molecule has 1 heterocycles. The lowest BCUT2D eigenvalue weighted by molar-refractivity contribution is 0.102. The molecule has 1 aliphatic rings. The largest absolute Gasteiger partial charge is 0.304 e. The molecule has 0 atom stereocenters. The van der Waals surface area contributed by atoms with E-state index in [0.717, 1.165) is 43.3 Å². The molecule has 1 fully saturated rings. The van der Waals surface area contributed by atoms with Crippen molar-refractivity contribution in [2.75, 3.05) is 33.2 Å². The van der Waals surface area contributed by atoms with E-state index in [9.17, 15) is 0 Å². The van der Waals surface area contributed by atoms with Crippen LogP contribution in [0.15, 0.2) is 18.2 Å². The number of piperazine rings is 1. The average molecular weight is 254 g/mol. The first-order valence-corrected chi connectivity index (χ1v) is 6.45. The first-order valence-electron chi connectivity index (χ1n) is 6.07. The number of rotatable bonds is 3. The van der Waals surface area contributed by atoms with E-state index in [1.165, 1.54) is 5.56 Å². The lowest BCUT2D eigenvalue weighted by atomic mass is 10.1. The van der Waals surface area contributed by atoms with E-state index in [4.69, 9.17) is 11.6 Å². The summed E-state index contributed by atoms with van der Waals surface area (Å²) in [5, 5.41) is 3.14. The highest BCUT2D eigenvalue weighted by Gasteiger charge is 2.12. The SMILES string of the molecule is Cc1ccc(CNN2CCN(C)CC2)cc1Cl. The summed E-state index contributed by atoms with van der Waals surface area (Å²) < 4.78 is 0. The molecular formula is C13H20ClN3. The predicted octanol–water partition coefficient (Wildman–Crippen LogP) is 1.90. The smallest absolute Gasteiger partial charge is 0.0438 e. The highest BCUT2D eigenvalue weighted by Crippen LogP contribution is 2.16. The second-order valence-electron chi connectivity index (χ2n) is 4.71. The fourth-order valence-corrected chi connectivity index (χ4v) is 2.12. The molecular weight excluding hydrogens is 234 g/mol. The second kappa shape index (κ2) is 5.83. The fourth-order valence-electron chi connectivity index (χ4n) is 1.91. The minimum Gasteiger partial charge on any atom is -0.304 e. The van der Waals surface area contributed by atoms with E-state index in [1.54, 1.807) is 0 Å². The zero-order chi connectivity index (χ0) is 12.3. The quantitative estimate of drug-likeness (QED) is 0.888. The molecule has 0 radical (unpaired) electrons. The van der Waals surface area contributed by atoms with Gasteiger partial charge in [0, 0.05) is 37.7 Å². The van der Waals surface area contributed by atoms with Gasteiger partial charge in [0.05, 0.1) is 0 Å². The number of aryl methyl sites for hydroxylation is 1. The summed E-state index contributed by atoms with van der Waals surface area (Å²) in [6, 6.07) is 6.24. The van der Waals surface area contributed by atoms with Crippen LogP contribution in [-0.4, -0.2) is 43.1 Å². The van der Waals surface area contributed by atoms with Crippen LogP contribution in [0.25, 0.3) is 0 Å². The lowest BCUT2D eigenvalue weighted by Gasteiger charge is -2.32. The van der Waals surface area contributed by atoms with Gasteiger partial charge in [0.2, 0.25) is 0 Å². The van der Waals surface area contributed by atoms with Gasteiger partial charge in [0.15, 0.2) is 0 Å². The van der Waals surface area contributed by atoms with Crippen molar-refractivity contribution in [2.24, 2.45) is 0 Å². The van der Waals surface area contributed by atoms with Crippen LogP contribution in [-0.2, 0) is 6.54 Å². The Hall–Kier alpha value is -0.610. The standard InChI is InChI=1S/C13H20ClN3/c1-11-3-4-12(9-13(11)14)10-15-17-7-5-16(2)6-8-17/h3-4,9,15H,5-8,10H2,1-2H3. The summed E-state index contributed by atoms with van der Waals surface area (Å²) in [5.41, 5.74) is 5.82. The number of hydrogen-bond acceptors (Lipinski definition) is 3. The molecule has 0 saturated carbocycles. The number of hydrazine groups is 1. The van der Waals surface area contributed by atoms with E-state index >= 15 is 0 Å². The molecule has 17 heavy (non-hydrogen) atoms. The third-order valence-corrected chi connectivity index (χ3v) is 3.65. The summed E-state index contributed by atoms with van der Waals surface area (Å²) >= 11 is 6.11. The van der Waals surface area contributed by atoms with Crippen LogP contribution in [0.4, 0.5) is 0 Å². The Kier molecular flexibility index (Phi) is 4.40. The molecule has 3 nitrogen and oxygen atoms in total. The van der Waals surface area contributed by atoms with E-state index in [-0.39, 0.29) is 0 Å². The maximum atomic E-state index is 6.11. The number of halogens is 1. The van der Waals surface area contributed by atoms with Gasteiger partial charge in [-0.1, -0.05) is 23.7 Å². The maximum Gasteiger partial charge on any atom is 0.0438 e. The molecule has 0 spiro atoms. The molecule has 94 valence electrons. The van der Waals surface area contributed by atoms with Gasteiger partial charge < -0.3 is 4.90 Å². The first kappa shape index (κ1) is 12.8. The second-order valence-corrected chi connectivity index (χ2v) is 5.12. The summed E-state index contributed by atoms with van der Waals surface area (Å²) in [6.45, 7) is 7.29. The Morgan fingerprint density at radius 1 is 1.24 bits per heavy atom. The zero-order valence-corrected chi connectivity index (χ0v) is 11.3. The van der Waals surface area contributed by atoms with Crippen molar-refractivity contribution in [3.8, 4) is 0 Å². The minimum atomic E-state index is 0.850. The molecule has 1 N–H and O–H groups in total. The van der Waals surface area contributed by atoms with Gasteiger partial charge >= 0.3 is 0 Å². The number of hydrogen-bond donors (Lipinski definition) is 1. The molecule has 0 amide bonds. The first-order chi connectivity index (χ1) is 8.15. The Balaban J connectivity index is 1.83. The van der Waals surface area contributed by atoms with Gasteiger partial charge in [-0.05, 0) is 31.2 Å². The summed E-state index contributed by atoms with van der Waals surface area (Å²) in [6.07, 6.45) is 0. The normalized spacial score (nSPS) is 18.5. The number of benzene rings is 1. The molecule has 0 unspecified atom stereocenters. The fraction of sp³-hybridized carbons (Fsp3) is 0.538. The Labute approximate surface area is 108 Å². The molecule has 1 aliphatic heterocycles. The van der Waals surface area contributed by atoms with Crippen LogP contribution < -0.4 is 5.43 Å². The van der Waals surface area contributed by atoms with Crippen molar-refractivity contribution in [1.29, 1.82) is 0 Å². The van der Waals surface area contributed by atoms with Gasteiger partial charge in [-0.2, -0.15) is 0 Å². The van der Waals surface area contributed by atoms with E-state index in [1.807, 2.05) is 13.0 Å². The van der Waals surface area contributed by atoms with Gasteiger partial charge in [0.25, 0.3) is 0 Å². The topological polar surface area (TPSA) is 18.5 Å². The lowest BCUT2D eigenvalue weighted by Crippen LogP contribution is -2.50. The van der Waals surface area contributed by atoms with Crippen LogP contribution in [0.3, 0.4) is 0 Å². The van der Waals surface area contributed by atoms with Crippen LogP contribution in [0.1, 0.15) is 11.1 Å². The Morgan fingerprint density at radius 2 is 1.94 bits per heavy atom. The van der Waals surface area contributed by atoms with Crippen molar-refractivity contribution < 1.29 is 0 Å². The minimum absolute atomic E-state index is 0.850. The van der Waals surface area contributed by atoms with E-state index in [0.29, 0.717) is 0 Å². The van der Waals surface area contributed by atoms with Crippen molar-refractivity contribution in [3.05, 3.63) is 34.3 Å². The van der Waals surface area contributed by atoms with Gasteiger partial charge in [0.1, 0.15) is 0 Å². The third-order valence-electron chi connectivity index (χ3n) is 3.25. The van der Waals surface area contributed by atoms with Crippen molar-refractivity contribution >= 4 is 11.6 Å². The Morgan fingerprint density at radius 3 is 2.59 bits per heavy atom. The molecule has 4 heteroatoms. The van der Waals surface area contributed by atoms with Crippen LogP contribution in [0.5, 0.6) is 0 Å². The summed E-state index contributed by atoms with van der Waals surface area (Å²) in [5.74, 6) is 0. The molecule has 1 aromatic carbocycles. The van der Waals surface area contributed by atoms with Crippen molar-refractivity contribution in [3.63, 3.8) is 0 Å². The Bertz CT molecular complexity index is 373. The zero-order valence-electron chi connectivity index (χ0n) is 10.5. The van der Waals surface area contributed by atoms with Crippen molar-refractivity contribution in [1.82, 2.24) is 15.3 Å². The molecule has 0 aromatic heterocycles. The van der Waals surface area contributed by atoms with E-state index < -0.39 is 0 Å². The van der Waals surface area contributed by atoms with Crippen LogP contribution >= 0.6 is 11.6 Å². The maximum absolute atomic E-state index is 6.11. The molecule has 1 aromatic rings. The van der Waals surface area contributed by atoms with Gasteiger partial charge in [-0.15, -0.1) is 0 Å². The molecule has 0 aliphatic carbocycles. The van der Waals surface area contributed by atoms with Crippen LogP contribution in [0, 0.1) is 6.92 Å². The van der Waals surface area contributed by atoms with Gasteiger partial charge in [-0.25, -0.2) is 5.01 Å². The number of likely N-dealkylation sites (N-methyl/N-ethyl adjacent to an activating group) is 1. The average Bonchev–Trinajstić information content (AvgIpc) is 2.33. The third kappa shape index (κ3) is 3.68. The number of nitrogens with one attached hydrogen (secondary N) is 1. The summed E-state index contributed by atoms with van der Waals surface area (Å²) in [4.78, 5) is 2.35. The highest BCUT2D eigenvalue weighted by atomic mass is 35.5. The van der Waals surface area contributed by atoms with Crippen molar-refractivity contribution in [2.45, 2.75) is 13.5 Å². The van der Waals surface area contributed by atoms with Crippen LogP contribution in [0.2, 0.25) is 5.02 Å². The highest BCUT2D eigenvalue weighted by molar-refractivity contribution is 6.31.